The van der Waals surface area contributed by atoms with Crippen LogP contribution in [0.25, 0.3) is 0 Å². The first-order valence-corrected chi connectivity index (χ1v) is 7.31. The standard InChI is InChI=1S/C15H18BrFN2O/c1-10(2)19-14(13(16)9-18-19)15(3,20)8-11-5-4-6-12(17)7-11/h4-7,9-10,20H,8H2,1-3H3. The summed E-state index contributed by atoms with van der Waals surface area (Å²) in [6.07, 6.45) is 2.00. The van der Waals surface area contributed by atoms with Gasteiger partial charge >= 0.3 is 0 Å². The van der Waals surface area contributed by atoms with Crippen molar-refractivity contribution in [1.29, 1.82) is 0 Å². The molecular weight excluding hydrogens is 323 g/mol. The van der Waals surface area contributed by atoms with Crippen molar-refractivity contribution in [3.63, 3.8) is 0 Å². The first kappa shape index (κ1) is 15.2. The topological polar surface area (TPSA) is 38.0 Å². The van der Waals surface area contributed by atoms with Crippen LogP contribution in [0.3, 0.4) is 0 Å². The van der Waals surface area contributed by atoms with Crippen LogP contribution in [-0.2, 0) is 12.0 Å². The molecule has 0 bridgehead atoms. The van der Waals surface area contributed by atoms with Gasteiger partial charge in [-0.3, -0.25) is 4.68 Å². The molecule has 1 N–H and O–H groups in total. The Morgan fingerprint density at radius 2 is 2.15 bits per heavy atom. The van der Waals surface area contributed by atoms with Crippen LogP contribution < -0.4 is 0 Å². The number of aliphatic hydroxyl groups is 1. The molecule has 0 saturated heterocycles. The van der Waals surface area contributed by atoms with Gasteiger partial charge in [0, 0.05) is 12.5 Å². The molecule has 1 aromatic heterocycles. The van der Waals surface area contributed by atoms with E-state index in [1.54, 1.807) is 23.9 Å². The fourth-order valence-electron chi connectivity index (χ4n) is 2.36. The summed E-state index contributed by atoms with van der Waals surface area (Å²) < 4.78 is 15.8. The van der Waals surface area contributed by atoms with Crippen molar-refractivity contribution in [2.75, 3.05) is 0 Å². The third-order valence-corrected chi connectivity index (χ3v) is 3.77. The minimum Gasteiger partial charge on any atom is -0.383 e. The second kappa shape index (κ2) is 5.66. The van der Waals surface area contributed by atoms with Crippen molar-refractivity contribution in [3.8, 4) is 0 Å². The maximum atomic E-state index is 13.3. The van der Waals surface area contributed by atoms with Gasteiger partial charge in [0.05, 0.1) is 16.4 Å². The van der Waals surface area contributed by atoms with Gasteiger partial charge in [0.25, 0.3) is 0 Å². The van der Waals surface area contributed by atoms with Gasteiger partial charge in [-0.15, -0.1) is 0 Å². The van der Waals surface area contributed by atoms with Crippen LogP contribution in [0, 0.1) is 5.82 Å². The highest BCUT2D eigenvalue weighted by atomic mass is 79.9. The van der Waals surface area contributed by atoms with E-state index in [2.05, 4.69) is 21.0 Å². The number of hydrogen-bond acceptors (Lipinski definition) is 2. The summed E-state index contributed by atoms with van der Waals surface area (Å²) in [5, 5.41) is 15.1. The summed E-state index contributed by atoms with van der Waals surface area (Å²) >= 11 is 3.43. The predicted molar refractivity (Wildman–Crippen MR) is 80.0 cm³/mol. The van der Waals surface area contributed by atoms with Crippen LogP contribution in [-0.4, -0.2) is 14.9 Å². The number of aromatic nitrogens is 2. The summed E-state index contributed by atoms with van der Waals surface area (Å²) in [6, 6.07) is 6.43. The van der Waals surface area contributed by atoms with Crippen LogP contribution in [0.5, 0.6) is 0 Å². The van der Waals surface area contributed by atoms with Crippen molar-refractivity contribution in [3.05, 3.63) is 52.0 Å². The van der Waals surface area contributed by atoms with Crippen molar-refractivity contribution in [1.82, 2.24) is 9.78 Å². The fraction of sp³-hybridized carbons (Fsp3) is 0.400. The van der Waals surface area contributed by atoms with E-state index < -0.39 is 5.60 Å². The Balaban J connectivity index is 2.37. The zero-order valence-corrected chi connectivity index (χ0v) is 13.4. The molecule has 0 saturated carbocycles. The molecule has 2 rings (SSSR count). The molecule has 20 heavy (non-hydrogen) atoms. The molecule has 1 aromatic carbocycles. The SMILES string of the molecule is CC(C)n1ncc(Br)c1C(C)(O)Cc1cccc(F)c1. The number of halogens is 2. The van der Waals surface area contributed by atoms with E-state index in [9.17, 15) is 9.50 Å². The molecule has 0 aliphatic rings. The van der Waals surface area contributed by atoms with Crippen molar-refractivity contribution < 1.29 is 9.50 Å². The zero-order valence-electron chi connectivity index (χ0n) is 11.8. The van der Waals surface area contributed by atoms with Crippen LogP contribution in [0.2, 0.25) is 0 Å². The predicted octanol–water partition coefficient (Wildman–Crippen LogP) is 3.82. The smallest absolute Gasteiger partial charge is 0.123 e. The molecule has 108 valence electrons. The Bertz CT molecular complexity index is 608. The number of rotatable bonds is 4. The van der Waals surface area contributed by atoms with Crippen LogP contribution >= 0.6 is 15.9 Å². The molecule has 0 fully saturated rings. The van der Waals surface area contributed by atoms with Gasteiger partial charge in [0.1, 0.15) is 11.4 Å². The Morgan fingerprint density at radius 1 is 1.45 bits per heavy atom. The molecule has 2 aromatic rings. The normalized spacial score (nSPS) is 14.6. The molecule has 1 unspecified atom stereocenters. The van der Waals surface area contributed by atoms with Crippen LogP contribution in [0.1, 0.15) is 38.1 Å². The van der Waals surface area contributed by atoms with E-state index >= 15 is 0 Å². The molecule has 1 heterocycles. The largest absolute Gasteiger partial charge is 0.383 e. The number of benzene rings is 1. The van der Waals surface area contributed by atoms with Gasteiger partial charge in [-0.2, -0.15) is 5.10 Å². The lowest BCUT2D eigenvalue weighted by atomic mass is 9.93. The van der Waals surface area contributed by atoms with Crippen LogP contribution in [0.15, 0.2) is 34.9 Å². The summed E-state index contributed by atoms with van der Waals surface area (Å²) in [7, 11) is 0. The average molecular weight is 341 g/mol. The molecule has 0 aliphatic heterocycles. The molecule has 5 heteroatoms. The van der Waals surface area contributed by atoms with Crippen molar-refractivity contribution >= 4 is 15.9 Å². The Hall–Kier alpha value is -1.20. The van der Waals surface area contributed by atoms with Crippen molar-refractivity contribution in [2.24, 2.45) is 0 Å². The molecule has 0 radical (unpaired) electrons. The highest BCUT2D eigenvalue weighted by molar-refractivity contribution is 9.10. The maximum absolute atomic E-state index is 13.3. The minimum atomic E-state index is -1.13. The first-order chi connectivity index (χ1) is 9.31. The highest BCUT2D eigenvalue weighted by Crippen LogP contribution is 2.33. The van der Waals surface area contributed by atoms with Crippen LogP contribution in [0.4, 0.5) is 4.39 Å². The quantitative estimate of drug-likeness (QED) is 0.918. The lowest BCUT2D eigenvalue weighted by molar-refractivity contribution is 0.0458. The summed E-state index contributed by atoms with van der Waals surface area (Å²) in [6.45, 7) is 5.72. The zero-order chi connectivity index (χ0) is 14.9. The molecule has 0 aliphatic carbocycles. The lowest BCUT2D eigenvalue weighted by Gasteiger charge is -2.26. The second-order valence-electron chi connectivity index (χ2n) is 5.46. The molecule has 1 atom stereocenters. The molecule has 0 spiro atoms. The number of hydrogen-bond donors (Lipinski definition) is 1. The van der Waals surface area contributed by atoms with Gasteiger partial charge in [0.15, 0.2) is 0 Å². The average Bonchev–Trinajstić information content (AvgIpc) is 2.71. The van der Waals surface area contributed by atoms with E-state index in [4.69, 9.17) is 0 Å². The first-order valence-electron chi connectivity index (χ1n) is 6.51. The van der Waals surface area contributed by atoms with E-state index in [0.29, 0.717) is 12.1 Å². The van der Waals surface area contributed by atoms with E-state index in [0.717, 1.165) is 10.0 Å². The molecule has 0 amide bonds. The van der Waals surface area contributed by atoms with E-state index in [1.165, 1.54) is 12.1 Å². The third-order valence-electron chi connectivity index (χ3n) is 3.19. The fourth-order valence-corrected chi connectivity index (χ4v) is 3.07. The second-order valence-corrected chi connectivity index (χ2v) is 6.31. The number of nitrogens with zero attached hydrogens (tertiary/aromatic N) is 2. The van der Waals surface area contributed by atoms with Gasteiger partial charge in [-0.25, -0.2) is 4.39 Å². The van der Waals surface area contributed by atoms with Gasteiger partial charge < -0.3 is 5.11 Å². The molecule has 3 nitrogen and oxygen atoms in total. The highest BCUT2D eigenvalue weighted by Gasteiger charge is 2.31. The summed E-state index contributed by atoms with van der Waals surface area (Å²) in [4.78, 5) is 0. The lowest BCUT2D eigenvalue weighted by Crippen LogP contribution is -2.29. The van der Waals surface area contributed by atoms with Gasteiger partial charge in [-0.05, 0) is 54.4 Å². The Labute approximate surface area is 126 Å². The monoisotopic (exact) mass is 340 g/mol. The summed E-state index contributed by atoms with van der Waals surface area (Å²) in [5.74, 6) is -0.297. The van der Waals surface area contributed by atoms with Gasteiger partial charge in [-0.1, -0.05) is 12.1 Å². The van der Waals surface area contributed by atoms with Crippen molar-refractivity contribution in [2.45, 2.75) is 38.8 Å². The summed E-state index contributed by atoms with van der Waals surface area (Å²) in [5.41, 5.74) is 0.322. The minimum absolute atomic E-state index is 0.135. The Kier molecular flexibility index (Phi) is 4.30. The Morgan fingerprint density at radius 3 is 2.75 bits per heavy atom. The van der Waals surface area contributed by atoms with E-state index in [-0.39, 0.29) is 11.9 Å². The third kappa shape index (κ3) is 3.10. The van der Waals surface area contributed by atoms with E-state index in [1.807, 2.05) is 19.9 Å². The molecular formula is C15H18BrFN2O. The maximum Gasteiger partial charge on any atom is 0.123 e. The van der Waals surface area contributed by atoms with Gasteiger partial charge in [0.2, 0.25) is 0 Å².